The van der Waals surface area contributed by atoms with Crippen molar-refractivity contribution in [3.63, 3.8) is 0 Å². The third kappa shape index (κ3) is 2.65. The molecule has 0 spiro atoms. The van der Waals surface area contributed by atoms with Crippen LogP contribution < -0.4 is 0 Å². The number of hydrogen-bond acceptors (Lipinski definition) is 0. The monoisotopic (exact) mass is 214 g/mol. The van der Waals surface area contributed by atoms with Crippen LogP contribution in [-0.4, -0.2) is 6.18 Å². The van der Waals surface area contributed by atoms with Gasteiger partial charge in [0.1, 0.15) is 17.5 Å². The van der Waals surface area contributed by atoms with Gasteiger partial charge >= 0.3 is 6.18 Å². The van der Waals surface area contributed by atoms with Gasteiger partial charge in [0.05, 0.1) is 6.42 Å². The summed E-state index contributed by atoms with van der Waals surface area (Å²) in [5.41, 5.74) is -1.17. The van der Waals surface area contributed by atoms with Gasteiger partial charge in [0.15, 0.2) is 0 Å². The van der Waals surface area contributed by atoms with E-state index in [0.29, 0.717) is 0 Å². The van der Waals surface area contributed by atoms with Gasteiger partial charge in [-0.3, -0.25) is 0 Å². The average molecular weight is 214 g/mol. The first-order valence-electron chi connectivity index (χ1n) is 3.50. The summed E-state index contributed by atoms with van der Waals surface area (Å²) < 4.78 is 72.9. The van der Waals surface area contributed by atoms with Crippen LogP contribution in [0.5, 0.6) is 0 Å². The van der Waals surface area contributed by atoms with Crippen LogP contribution in [-0.2, 0) is 6.42 Å². The lowest BCUT2D eigenvalue weighted by atomic mass is 10.1. The molecule has 6 heteroatoms. The van der Waals surface area contributed by atoms with E-state index in [2.05, 4.69) is 0 Å². The Labute approximate surface area is 75.2 Å². The van der Waals surface area contributed by atoms with Crippen LogP contribution in [0.2, 0.25) is 0 Å². The van der Waals surface area contributed by atoms with Crippen molar-refractivity contribution in [2.75, 3.05) is 0 Å². The van der Waals surface area contributed by atoms with E-state index in [1.54, 1.807) is 0 Å². The summed E-state index contributed by atoms with van der Waals surface area (Å²) in [5.74, 6) is -4.30. The summed E-state index contributed by atoms with van der Waals surface area (Å²) in [6.07, 6.45) is -6.47. The molecule has 0 aromatic heterocycles. The molecular weight excluding hydrogens is 210 g/mol. The summed E-state index contributed by atoms with van der Waals surface area (Å²) in [5, 5.41) is 0. The Hall–Kier alpha value is -1.20. The Morgan fingerprint density at radius 2 is 1.36 bits per heavy atom. The Morgan fingerprint density at radius 1 is 0.929 bits per heavy atom. The number of rotatable bonds is 1. The average Bonchev–Trinajstić information content (AvgIpc) is 1.95. The van der Waals surface area contributed by atoms with Gasteiger partial charge in [-0.15, -0.1) is 0 Å². The molecule has 1 aromatic carbocycles. The molecular formula is C8H4F6. The van der Waals surface area contributed by atoms with Crippen LogP contribution in [0.3, 0.4) is 0 Å². The standard InChI is InChI=1S/C8H4F6/c9-4-1-6(10)5(7(11)2-4)3-8(12,13)14/h1-2H,3H2. The van der Waals surface area contributed by atoms with Gasteiger partial charge in [-0.25, -0.2) is 13.2 Å². The van der Waals surface area contributed by atoms with Crippen LogP contribution in [0, 0.1) is 17.5 Å². The van der Waals surface area contributed by atoms with Gasteiger partial charge in [-0.05, 0) is 0 Å². The fourth-order valence-corrected chi connectivity index (χ4v) is 0.941. The lowest BCUT2D eigenvalue weighted by molar-refractivity contribution is -0.128. The molecule has 14 heavy (non-hydrogen) atoms. The van der Waals surface area contributed by atoms with Crippen LogP contribution in [0.15, 0.2) is 12.1 Å². The highest BCUT2D eigenvalue weighted by Gasteiger charge is 2.31. The molecule has 1 aromatic rings. The summed E-state index contributed by atoms with van der Waals surface area (Å²) >= 11 is 0. The summed E-state index contributed by atoms with van der Waals surface area (Å²) in [4.78, 5) is 0. The van der Waals surface area contributed by atoms with Crippen molar-refractivity contribution in [2.45, 2.75) is 12.6 Å². The van der Waals surface area contributed by atoms with Crippen LogP contribution in [0.25, 0.3) is 0 Å². The Balaban J connectivity index is 3.09. The zero-order valence-corrected chi connectivity index (χ0v) is 6.63. The first kappa shape index (κ1) is 10.9. The molecule has 0 heterocycles. The SMILES string of the molecule is Fc1cc(F)c(CC(F)(F)F)c(F)c1. The molecule has 0 unspecified atom stereocenters. The van der Waals surface area contributed by atoms with Gasteiger partial charge in [0.2, 0.25) is 0 Å². The van der Waals surface area contributed by atoms with Gasteiger partial charge in [-0.2, -0.15) is 13.2 Å². The number of hydrogen-bond donors (Lipinski definition) is 0. The lowest BCUT2D eigenvalue weighted by Crippen LogP contribution is -2.14. The molecule has 1 rings (SSSR count). The minimum Gasteiger partial charge on any atom is -0.207 e. The number of halogens is 6. The molecule has 0 saturated carbocycles. The summed E-state index contributed by atoms with van der Waals surface area (Å²) in [6, 6.07) is 0.425. The first-order chi connectivity index (χ1) is 6.29. The zero-order valence-electron chi connectivity index (χ0n) is 6.63. The number of alkyl halides is 3. The first-order valence-corrected chi connectivity index (χ1v) is 3.50. The van der Waals surface area contributed by atoms with E-state index in [0.717, 1.165) is 0 Å². The molecule has 0 nitrogen and oxygen atoms in total. The van der Waals surface area contributed by atoms with E-state index in [1.165, 1.54) is 0 Å². The maximum Gasteiger partial charge on any atom is 0.393 e. The normalized spacial score (nSPS) is 11.9. The van der Waals surface area contributed by atoms with Gasteiger partial charge < -0.3 is 0 Å². The second-order valence-electron chi connectivity index (χ2n) is 2.64. The Kier molecular flexibility index (Phi) is 2.73. The summed E-state index contributed by atoms with van der Waals surface area (Å²) in [7, 11) is 0. The fraction of sp³-hybridized carbons (Fsp3) is 0.250. The maximum absolute atomic E-state index is 12.7. The second-order valence-corrected chi connectivity index (χ2v) is 2.64. The van der Waals surface area contributed by atoms with Crippen LogP contribution >= 0.6 is 0 Å². The van der Waals surface area contributed by atoms with Crippen molar-refractivity contribution in [2.24, 2.45) is 0 Å². The molecule has 0 atom stereocenters. The molecule has 0 aliphatic heterocycles. The molecule has 0 amide bonds. The van der Waals surface area contributed by atoms with E-state index in [1.807, 2.05) is 0 Å². The van der Waals surface area contributed by atoms with Gasteiger partial charge in [0.25, 0.3) is 0 Å². The third-order valence-corrected chi connectivity index (χ3v) is 1.48. The minimum atomic E-state index is -4.72. The largest absolute Gasteiger partial charge is 0.393 e. The highest BCUT2D eigenvalue weighted by atomic mass is 19.4. The van der Waals surface area contributed by atoms with E-state index < -0.39 is 35.6 Å². The summed E-state index contributed by atoms with van der Waals surface area (Å²) in [6.45, 7) is 0. The predicted octanol–water partition coefficient (Wildman–Crippen LogP) is 3.21. The molecule has 0 saturated heterocycles. The fourth-order valence-electron chi connectivity index (χ4n) is 0.941. The molecule has 0 aliphatic rings. The highest BCUT2D eigenvalue weighted by Crippen LogP contribution is 2.25. The van der Waals surface area contributed by atoms with Gasteiger partial charge in [-0.1, -0.05) is 0 Å². The Bertz CT molecular complexity index is 317. The molecule has 0 N–H and O–H groups in total. The van der Waals surface area contributed by atoms with Crippen molar-refractivity contribution < 1.29 is 26.3 Å². The molecule has 0 bridgehead atoms. The van der Waals surface area contributed by atoms with Gasteiger partial charge in [0, 0.05) is 17.7 Å². The Morgan fingerprint density at radius 3 is 1.71 bits per heavy atom. The topological polar surface area (TPSA) is 0 Å². The third-order valence-electron chi connectivity index (χ3n) is 1.48. The van der Waals surface area contributed by atoms with Crippen molar-refractivity contribution >= 4 is 0 Å². The van der Waals surface area contributed by atoms with E-state index in [9.17, 15) is 26.3 Å². The number of benzene rings is 1. The van der Waals surface area contributed by atoms with E-state index in [4.69, 9.17) is 0 Å². The second kappa shape index (κ2) is 3.51. The zero-order chi connectivity index (χ0) is 10.9. The minimum absolute atomic E-state index is 0.212. The predicted molar refractivity (Wildman–Crippen MR) is 36.1 cm³/mol. The highest BCUT2D eigenvalue weighted by molar-refractivity contribution is 5.21. The molecule has 0 aliphatic carbocycles. The van der Waals surface area contributed by atoms with Crippen LogP contribution in [0.1, 0.15) is 5.56 Å². The smallest absolute Gasteiger partial charge is 0.207 e. The quantitative estimate of drug-likeness (QED) is 0.629. The molecule has 0 radical (unpaired) electrons. The molecule has 78 valence electrons. The van der Waals surface area contributed by atoms with Crippen molar-refractivity contribution in [1.82, 2.24) is 0 Å². The van der Waals surface area contributed by atoms with Crippen LogP contribution in [0.4, 0.5) is 26.3 Å². The van der Waals surface area contributed by atoms with E-state index in [-0.39, 0.29) is 12.1 Å². The lowest BCUT2D eigenvalue weighted by Gasteiger charge is -2.08. The van der Waals surface area contributed by atoms with Crippen molar-refractivity contribution in [3.8, 4) is 0 Å². The van der Waals surface area contributed by atoms with Crippen molar-refractivity contribution in [1.29, 1.82) is 0 Å². The molecule has 0 fully saturated rings. The van der Waals surface area contributed by atoms with E-state index >= 15 is 0 Å². The maximum atomic E-state index is 12.7. The van der Waals surface area contributed by atoms with Crippen molar-refractivity contribution in [3.05, 3.63) is 35.1 Å².